The van der Waals surface area contributed by atoms with E-state index in [9.17, 15) is 19.2 Å². The van der Waals surface area contributed by atoms with Crippen LogP contribution in [0.25, 0.3) is 11.2 Å². The Kier molecular flexibility index (Phi) is 5.76. The number of hydrogen-bond donors (Lipinski definition) is 1. The molecule has 1 atom stereocenters. The maximum atomic E-state index is 12.9. The number of ether oxygens (including phenoxy) is 1. The van der Waals surface area contributed by atoms with E-state index in [2.05, 4.69) is 17.2 Å². The molecular formula is C21H25N5O5S. The van der Waals surface area contributed by atoms with Gasteiger partial charge in [-0.2, -0.15) is 0 Å². The molecule has 0 radical (unpaired) electrons. The third kappa shape index (κ3) is 3.66. The highest BCUT2D eigenvalue weighted by molar-refractivity contribution is 7.17. The average Bonchev–Trinajstić information content (AvgIpc) is 3.31. The smallest absolute Gasteiger partial charge is 0.341 e. The standard InChI is InChI=1S/C21H25N5O5S/c1-5-31-20(29)15-12-7-6-11(2)8-13(12)32-18(15)23-14(27)9-26-10-22-17-16(26)19(28)25(4)21(30)24(17)3/h10-11H,5-9H2,1-4H3,(H,23,27)/t11-/m1/s1. The second-order valence-electron chi connectivity index (χ2n) is 8.07. The molecule has 10 nitrogen and oxygen atoms in total. The van der Waals surface area contributed by atoms with Crippen LogP contribution in [0.2, 0.25) is 0 Å². The second kappa shape index (κ2) is 8.38. The number of imidazole rings is 1. The molecule has 32 heavy (non-hydrogen) atoms. The number of fused-ring (bicyclic) bond motifs is 2. The van der Waals surface area contributed by atoms with Crippen LogP contribution in [0, 0.1) is 5.92 Å². The average molecular weight is 460 g/mol. The van der Waals surface area contributed by atoms with Gasteiger partial charge in [-0.25, -0.2) is 14.6 Å². The fourth-order valence-corrected chi connectivity index (χ4v) is 5.51. The Hall–Kier alpha value is -3.21. The lowest BCUT2D eigenvalue weighted by Crippen LogP contribution is -2.37. The molecule has 1 aliphatic rings. The summed E-state index contributed by atoms with van der Waals surface area (Å²) in [5.41, 5.74) is 0.740. The van der Waals surface area contributed by atoms with Gasteiger partial charge in [0.1, 0.15) is 11.5 Å². The van der Waals surface area contributed by atoms with Crippen LogP contribution in [0.3, 0.4) is 0 Å². The normalized spacial score (nSPS) is 15.6. The maximum absolute atomic E-state index is 12.9. The third-order valence-electron chi connectivity index (χ3n) is 5.78. The molecular weight excluding hydrogens is 434 g/mol. The Balaban J connectivity index is 1.66. The topological polar surface area (TPSA) is 117 Å². The minimum Gasteiger partial charge on any atom is -0.462 e. The highest BCUT2D eigenvalue weighted by Gasteiger charge is 2.29. The van der Waals surface area contributed by atoms with Crippen molar-refractivity contribution < 1.29 is 14.3 Å². The van der Waals surface area contributed by atoms with E-state index in [0.29, 0.717) is 16.5 Å². The molecule has 0 saturated heterocycles. The summed E-state index contributed by atoms with van der Waals surface area (Å²) < 4.78 is 8.89. The lowest BCUT2D eigenvalue weighted by molar-refractivity contribution is -0.116. The van der Waals surface area contributed by atoms with Gasteiger partial charge in [-0.1, -0.05) is 6.92 Å². The van der Waals surface area contributed by atoms with Crippen LogP contribution in [0.5, 0.6) is 0 Å². The minimum absolute atomic E-state index is 0.162. The van der Waals surface area contributed by atoms with E-state index >= 15 is 0 Å². The Morgan fingerprint density at radius 3 is 2.75 bits per heavy atom. The molecule has 0 unspecified atom stereocenters. The molecule has 1 amide bonds. The van der Waals surface area contributed by atoms with E-state index in [4.69, 9.17) is 4.74 Å². The van der Waals surface area contributed by atoms with Gasteiger partial charge in [0.25, 0.3) is 5.56 Å². The summed E-state index contributed by atoms with van der Waals surface area (Å²) in [5.74, 6) is -0.330. The third-order valence-corrected chi connectivity index (χ3v) is 6.95. The Labute approximate surface area is 187 Å². The maximum Gasteiger partial charge on any atom is 0.341 e. The van der Waals surface area contributed by atoms with E-state index in [-0.39, 0.29) is 24.3 Å². The summed E-state index contributed by atoms with van der Waals surface area (Å²) in [6, 6.07) is 0. The van der Waals surface area contributed by atoms with Gasteiger partial charge in [0.15, 0.2) is 11.2 Å². The summed E-state index contributed by atoms with van der Waals surface area (Å²) in [6.45, 7) is 3.97. The molecule has 11 heteroatoms. The van der Waals surface area contributed by atoms with Crippen LogP contribution in [-0.2, 0) is 43.0 Å². The van der Waals surface area contributed by atoms with Crippen molar-refractivity contribution in [2.24, 2.45) is 20.0 Å². The first kappa shape index (κ1) is 22.0. The molecule has 1 N–H and O–H groups in total. The van der Waals surface area contributed by atoms with Crippen molar-refractivity contribution in [3.05, 3.63) is 43.2 Å². The quantitative estimate of drug-likeness (QED) is 0.577. The summed E-state index contributed by atoms with van der Waals surface area (Å²) in [4.78, 5) is 55.5. The molecule has 4 rings (SSSR count). The van der Waals surface area contributed by atoms with Gasteiger partial charge in [0, 0.05) is 19.0 Å². The Morgan fingerprint density at radius 1 is 1.28 bits per heavy atom. The van der Waals surface area contributed by atoms with Gasteiger partial charge in [-0.3, -0.25) is 18.7 Å². The van der Waals surface area contributed by atoms with Crippen LogP contribution in [0.15, 0.2) is 15.9 Å². The van der Waals surface area contributed by atoms with Crippen molar-refractivity contribution in [1.29, 1.82) is 0 Å². The number of carbonyl (C=O) groups excluding carboxylic acids is 2. The first-order chi connectivity index (χ1) is 15.2. The first-order valence-corrected chi connectivity index (χ1v) is 11.3. The molecule has 0 aliphatic heterocycles. The number of hydrogen-bond acceptors (Lipinski definition) is 7. The highest BCUT2D eigenvalue weighted by Crippen LogP contribution is 2.40. The number of carbonyl (C=O) groups is 2. The Bertz CT molecular complexity index is 1350. The fraction of sp³-hybridized carbons (Fsp3) is 0.476. The zero-order valence-electron chi connectivity index (χ0n) is 18.4. The number of aryl methyl sites for hydroxylation is 1. The molecule has 0 bridgehead atoms. The van der Waals surface area contributed by atoms with E-state index in [1.165, 1.54) is 40.9 Å². The lowest BCUT2D eigenvalue weighted by atomic mass is 9.88. The van der Waals surface area contributed by atoms with Gasteiger partial charge in [0.2, 0.25) is 5.91 Å². The number of nitrogens with zero attached hydrogens (tertiary/aromatic N) is 4. The van der Waals surface area contributed by atoms with Crippen LogP contribution in [-0.4, -0.2) is 37.2 Å². The van der Waals surface area contributed by atoms with Crippen molar-refractivity contribution in [3.63, 3.8) is 0 Å². The predicted molar refractivity (Wildman–Crippen MR) is 120 cm³/mol. The molecule has 0 fully saturated rings. The SMILES string of the molecule is CCOC(=O)c1c(NC(=O)Cn2cnc3c2c(=O)n(C)c(=O)n3C)sc2c1CC[C@@H](C)C2. The first-order valence-electron chi connectivity index (χ1n) is 10.4. The molecule has 3 heterocycles. The molecule has 1 aliphatic carbocycles. The van der Waals surface area contributed by atoms with Gasteiger partial charge in [-0.05, 0) is 37.7 Å². The van der Waals surface area contributed by atoms with Crippen LogP contribution in [0.1, 0.15) is 41.1 Å². The van der Waals surface area contributed by atoms with Crippen LogP contribution < -0.4 is 16.6 Å². The number of thiophene rings is 1. The van der Waals surface area contributed by atoms with Crippen molar-refractivity contribution in [3.8, 4) is 0 Å². The lowest BCUT2D eigenvalue weighted by Gasteiger charge is -2.18. The van der Waals surface area contributed by atoms with Gasteiger partial charge in [-0.15, -0.1) is 11.3 Å². The predicted octanol–water partition coefficient (Wildman–Crippen LogP) is 1.44. The number of nitrogens with one attached hydrogen (secondary N) is 1. The van der Waals surface area contributed by atoms with Crippen molar-refractivity contribution in [2.75, 3.05) is 11.9 Å². The van der Waals surface area contributed by atoms with Gasteiger partial charge < -0.3 is 14.6 Å². The summed E-state index contributed by atoms with van der Waals surface area (Å²) in [7, 11) is 2.90. The largest absolute Gasteiger partial charge is 0.462 e. The second-order valence-corrected chi connectivity index (χ2v) is 9.18. The highest BCUT2D eigenvalue weighted by atomic mass is 32.1. The Morgan fingerprint density at radius 2 is 2.03 bits per heavy atom. The molecule has 0 aromatic carbocycles. The van der Waals surface area contributed by atoms with E-state index in [1.807, 2.05) is 0 Å². The monoisotopic (exact) mass is 459 g/mol. The molecule has 3 aromatic heterocycles. The summed E-state index contributed by atoms with van der Waals surface area (Å²) >= 11 is 1.41. The molecule has 0 spiro atoms. The number of esters is 1. The number of amides is 1. The van der Waals surface area contributed by atoms with E-state index in [0.717, 1.165) is 34.3 Å². The molecule has 0 saturated carbocycles. The number of aromatic nitrogens is 4. The van der Waals surface area contributed by atoms with Crippen molar-refractivity contribution in [2.45, 2.75) is 39.7 Å². The van der Waals surface area contributed by atoms with E-state index < -0.39 is 23.1 Å². The number of rotatable bonds is 5. The zero-order valence-corrected chi connectivity index (χ0v) is 19.2. The zero-order chi connectivity index (χ0) is 23.2. The summed E-state index contributed by atoms with van der Waals surface area (Å²) in [6.07, 6.45) is 3.97. The fourth-order valence-electron chi connectivity index (χ4n) is 4.10. The number of anilines is 1. The van der Waals surface area contributed by atoms with Crippen LogP contribution >= 0.6 is 11.3 Å². The minimum atomic E-state index is -0.527. The summed E-state index contributed by atoms with van der Waals surface area (Å²) in [5, 5.41) is 3.31. The van der Waals surface area contributed by atoms with Crippen LogP contribution in [0.4, 0.5) is 5.00 Å². The van der Waals surface area contributed by atoms with Crippen molar-refractivity contribution in [1.82, 2.24) is 18.7 Å². The molecule has 3 aromatic rings. The van der Waals surface area contributed by atoms with E-state index in [1.54, 1.807) is 6.92 Å². The van der Waals surface area contributed by atoms with Crippen molar-refractivity contribution >= 4 is 39.4 Å². The van der Waals surface area contributed by atoms with Gasteiger partial charge >= 0.3 is 11.7 Å². The molecule has 170 valence electrons. The van der Waals surface area contributed by atoms with Gasteiger partial charge in [0.05, 0.1) is 18.5 Å².